The Bertz CT molecular complexity index is 485. The lowest BCUT2D eigenvalue weighted by Crippen LogP contribution is -2.63. The number of hydrogen-bond acceptors (Lipinski definition) is 3. The molecular weight excluding hydrogens is 298 g/mol. The molecule has 0 bridgehead atoms. The van der Waals surface area contributed by atoms with Crippen molar-refractivity contribution in [2.45, 2.75) is 19.4 Å². The summed E-state index contributed by atoms with van der Waals surface area (Å²) in [5.74, 6) is -0.304. The molecule has 1 N–H and O–H groups in total. The van der Waals surface area contributed by atoms with Crippen molar-refractivity contribution in [3.8, 4) is 0 Å². The first-order valence-corrected chi connectivity index (χ1v) is 6.44. The largest absolute Gasteiger partial charge is 0.352 e. The molecule has 1 aliphatic rings. The molecule has 1 saturated heterocycles. The van der Waals surface area contributed by atoms with Crippen LogP contribution in [0.4, 0.5) is 0 Å². The van der Waals surface area contributed by atoms with E-state index < -0.39 is 5.54 Å². The molecule has 0 atom stereocenters. The van der Waals surface area contributed by atoms with E-state index in [4.69, 9.17) is 0 Å². The third-order valence-electron chi connectivity index (χ3n) is 3.07. The van der Waals surface area contributed by atoms with Crippen LogP contribution in [-0.2, 0) is 4.79 Å². The number of carbonyl (C=O) groups is 2. The summed E-state index contributed by atoms with van der Waals surface area (Å²) < 4.78 is 0.676. The summed E-state index contributed by atoms with van der Waals surface area (Å²) >= 11 is 3.22. The smallest absolute Gasteiger partial charge is 0.256 e. The fourth-order valence-corrected chi connectivity index (χ4v) is 2.15. The average molecular weight is 312 g/mol. The second-order valence-corrected chi connectivity index (χ2v) is 5.45. The molecule has 18 heavy (non-hydrogen) atoms. The highest BCUT2D eigenvalue weighted by atomic mass is 79.9. The Labute approximate surface area is 114 Å². The molecule has 96 valence electrons. The Morgan fingerprint density at radius 2 is 2.22 bits per heavy atom. The predicted octanol–water partition coefficient (Wildman–Crippen LogP) is 1.19. The second kappa shape index (κ2) is 4.68. The predicted molar refractivity (Wildman–Crippen MR) is 70.1 cm³/mol. The van der Waals surface area contributed by atoms with Crippen molar-refractivity contribution in [3.63, 3.8) is 0 Å². The quantitative estimate of drug-likeness (QED) is 0.793. The number of rotatable bonds is 1. The molecule has 1 aliphatic heterocycles. The zero-order chi connectivity index (χ0) is 13.3. The molecule has 1 fully saturated rings. The number of hydrogen-bond donors (Lipinski definition) is 1. The van der Waals surface area contributed by atoms with E-state index in [-0.39, 0.29) is 11.8 Å². The van der Waals surface area contributed by atoms with Crippen molar-refractivity contribution in [2.24, 2.45) is 0 Å². The fraction of sp³-hybridized carbons (Fsp3) is 0.417. The topological polar surface area (TPSA) is 62.3 Å². The lowest BCUT2D eigenvalue weighted by atomic mass is 9.98. The summed E-state index contributed by atoms with van der Waals surface area (Å²) in [6.45, 7) is 4.48. The van der Waals surface area contributed by atoms with Crippen molar-refractivity contribution in [1.82, 2.24) is 15.2 Å². The Morgan fingerprint density at radius 1 is 1.50 bits per heavy atom. The zero-order valence-corrected chi connectivity index (χ0v) is 11.8. The maximum absolute atomic E-state index is 12.4. The first-order chi connectivity index (χ1) is 8.43. The maximum Gasteiger partial charge on any atom is 0.256 e. The first kappa shape index (κ1) is 13.0. The molecule has 0 saturated carbocycles. The van der Waals surface area contributed by atoms with Gasteiger partial charge >= 0.3 is 0 Å². The van der Waals surface area contributed by atoms with Gasteiger partial charge < -0.3 is 10.2 Å². The molecule has 0 spiro atoms. The van der Waals surface area contributed by atoms with Crippen LogP contribution in [0.2, 0.25) is 0 Å². The molecule has 0 radical (unpaired) electrons. The van der Waals surface area contributed by atoms with Crippen LogP contribution < -0.4 is 5.32 Å². The minimum atomic E-state index is -0.831. The summed E-state index contributed by atoms with van der Waals surface area (Å²) in [6.07, 6.45) is 1.51. The minimum absolute atomic E-state index is 0.132. The van der Waals surface area contributed by atoms with Crippen molar-refractivity contribution in [2.75, 3.05) is 13.1 Å². The minimum Gasteiger partial charge on any atom is -0.352 e. The van der Waals surface area contributed by atoms with Gasteiger partial charge in [0.1, 0.15) is 10.1 Å². The molecule has 1 aromatic heterocycles. The molecule has 1 aromatic rings. The van der Waals surface area contributed by atoms with Crippen LogP contribution in [0.15, 0.2) is 22.9 Å². The van der Waals surface area contributed by atoms with Gasteiger partial charge in [-0.1, -0.05) is 0 Å². The fourth-order valence-electron chi connectivity index (χ4n) is 1.91. The molecule has 5 nitrogen and oxygen atoms in total. The third kappa shape index (κ3) is 2.25. The average Bonchev–Trinajstić information content (AvgIpc) is 2.33. The molecule has 0 unspecified atom stereocenters. The number of amides is 2. The summed E-state index contributed by atoms with van der Waals surface area (Å²) in [5, 5.41) is 2.76. The summed E-state index contributed by atoms with van der Waals surface area (Å²) in [7, 11) is 0. The molecule has 2 heterocycles. The van der Waals surface area contributed by atoms with Crippen molar-refractivity contribution in [1.29, 1.82) is 0 Å². The SMILES string of the molecule is CC1(C)C(=O)NCCN1C(=O)c1ccc(Br)nc1. The highest BCUT2D eigenvalue weighted by Gasteiger charge is 2.40. The Kier molecular flexibility index (Phi) is 3.38. The van der Waals surface area contributed by atoms with Crippen LogP contribution in [0.5, 0.6) is 0 Å². The number of pyridine rings is 1. The highest BCUT2D eigenvalue weighted by Crippen LogP contribution is 2.20. The van der Waals surface area contributed by atoms with Gasteiger partial charge in [0, 0.05) is 19.3 Å². The number of halogens is 1. The summed E-state index contributed by atoms with van der Waals surface area (Å²) in [5.41, 5.74) is -0.344. The van der Waals surface area contributed by atoms with Gasteiger partial charge in [0.2, 0.25) is 5.91 Å². The monoisotopic (exact) mass is 311 g/mol. The van der Waals surface area contributed by atoms with E-state index in [1.54, 1.807) is 30.9 Å². The van der Waals surface area contributed by atoms with E-state index in [1.165, 1.54) is 6.20 Å². The Hall–Kier alpha value is -1.43. The van der Waals surface area contributed by atoms with Gasteiger partial charge in [-0.25, -0.2) is 4.98 Å². The highest BCUT2D eigenvalue weighted by molar-refractivity contribution is 9.10. The molecular formula is C12H14BrN3O2. The van der Waals surface area contributed by atoms with Crippen LogP contribution in [0, 0.1) is 0 Å². The van der Waals surface area contributed by atoms with Gasteiger partial charge in [-0.05, 0) is 41.9 Å². The van der Waals surface area contributed by atoms with E-state index in [2.05, 4.69) is 26.2 Å². The van der Waals surface area contributed by atoms with Crippen LogP contribution in [0.25, 0.3) is 0 Å². The van der Waals surface area contributed by atoms with E-state index in [0.717, 1.165) is 0 Å². The number of carbonyl (C=O) groups excluding carboxylic acids is 2. The van der Waals surface area contributed by atoms with Crippen molar-refractivity contribution < 1.29 is 9.59 Å². The number of piperazine rings is 1. The van der Waals surface area contributed by atoms with Gasteiger partial charge in [-0.2, -0.15) is 0 Å². The number of nitrogens with zero attached hydrogens (tertiary/aromatic N) is 2. The molecule has 0 aliphatic carbocycles. The molecule has 2 amide bonds. The standard InChI is InChI=1S/C12H14BrN3O2/c1-12(2)11(18)14-5-6-16(12)10(17)8-3-4-9(13)15-7-8/h3-4,7H,5-6H2,1-2H3,(H,14,18). The van der Waals surface area contributed by atoms with Crippen molar-refractivity contribution >= 4 is 27.7 Å². The van der Waals surface area contributed by atoms with E-state index >= 15 is 0 Å². The van der Waals surface area contributed by atoms with Crippen LogP contribution in [0.3, 0.4) is 0 Å². The zero-order valence-electron chi connectivity index (χ0n) is 10.2. The second-order valence-electron chi connectivity index (χ2n) is 4.64. The van der Waals surface area contributed by atoms with E-state index in [9.17, 15) is 9.59 Å². The van der Waals surface area contributed by atoms with Crippen LogP contribution in [0.1, 0.15) is 24.2 Å². The maximum atomic E-state index is 12.4. The van der Waals surface area contributed by atoms with Gasteiger partial charge in [-0.15, -0.1) is 0 Å². The van der Waals surface area contributed by atoms with E-state index in [0.29, 0.717) is 23.3 Å². The van der Waals surface area contributed by atoms with Gasteiger partial charge in [-0.3, -0.25) is 9.59 Å². The summed E-state index contributed by atoms with van der Waals surface area (Å²) in [6, 6.07) is 3.41. The lowest BCUT2D eigenvalue weighted by molar-refractivity contribution is -0.133. The van der Waals surface area contributed by atoms with Crippen LogP contribution in [-0.4, -0.2) is 40.3 Å². The van der Waals surface area contributed by atoms with Crippen molar-refractivity contribution in [3.05, 3.63) is 28.5 Å². The normalized spacial score (nSPS) is 18.4. The van der Waals surface area contributed by atoms with Gasteiger partial charge in [0.05, 0.1) is 5.56 Å². The van der Waals surface area contributed by atoms with Gasteiger partial charge in [0.15, 0.2) is 0 Å². The molecule has 2 rings (SSSR count). The molecule has 0 aromatic carbocycles. The van der Waals surface area contributed by atoms with E-state index in [1.807, 2.05) is 0 Å². The third-order valence-corrected chi connectivity index (χ3v) is 3.54. The lowest BCUT2D eigenvalue weighted by Gasteiger charge is -2.41. The Balaban J connectivity index is 2.28. The number of aromatic nitrogens is 1. The van der Waals surface area contributed by atoms with Gasteiger partial charge in [0.25, 0.3) is 5.91 Å². The summed E-state index contributed by atoms with van der Waals surface area (Å²) in [4.78, 5) is 29.8. The molecule has 6 heteroatoms. The Morgan fingerprint density at radius 3 is 2.83 bits per heavy atom. The first-order valence-electron chi connectivity index (χ1n) is 5.65. The number of nitrogens with one attached hydrogen (secondary N) is 1. The van der Waals surface area contributed by atoms with Crippen LogP contribution >= 0.6 is 15.9 Å².